The third kappa shape index (κ3) is 3.71. The highest BCUT2D eigenvalue weighted by molar-refractivity contribution is 7.91. The molecule has 6 nitrogen and oxygen atoms in total. The lowest BCUT2D eigenvalue weighted by Crippen LogP contribution is -2.49. The van der Waals surface area contributed by atoms with Crippen LogP contribution >= 0.6 is 0 Å². The van der Waals surface area contributed by atoms with Gasteiger partial charge in [0.05, 0.1) is 24.2 Å². The molecule has 3 unspecified atom stereocenters. The molecule has 7 heteroatoms. The van der Waals surface area contributed by atoms with Crippen LogP contribution in [0.2, 0.25) is 0 Å². The van der Waals surface area contributed by atoms with Crippen molar-refractivity contribution in [3.63, 3.8) is 0 Å². The molecule has 0 radical (unpaired) electrons. The van der Waals surface area contributed by atoms with Crippen LogP contribution in [-0.2, 0) is 14.6 Å². The second kappa shape index (κ2) is 5.99. The number of β-amino-alcohol motifs (C(OH)–C–C–N with tert-alkyl or cyclic N) is 1. The molecule has 2 fully saturated rings. The zero-order chi connectivity index (χ0) is 14.9. The van der Waals surface area contributed by atoms with Gasteiger partial charge in [-0.05, 0) is 25.3 Å². The van der Waals surface area contributed by atoms with Gasteiger partial charge in [-0.3, -0.25) is 9.69 Å². The van der Waals surface area contributed by atoms with E-state index in [9.17, 15) is 18.3 Å². The lowest BCUT2D eigenvalue weighted by Gasteiger charge is -2.35. The Balaban J connectivity index is 1.86. The largest absolute Gasteiger partial charge is 0.392 e. The van der Waals surface area contributed by atoms with Crippen LogP contribution in [0.4, 0.5) is 0 Å². The van der Waals surface area contributed by atoms with Crippen molar-refractivity contribution in [3.05, 3.63) is 0 Å². The number of hydrogen-bond acceptors (Lipinski definition) is 5. The SMILES string of the molecule is CC1CCN(CC(=O)N(C)C2CCS(=O)(=O)C2)CC1O. The van der Waals surface area contributed by atoms with E-state index in [1.807, 2.05) is 11.8 Å². The van der Waals surface area contributed by atoms with E-state index >= 15 is 0 Å². The minimum absolute atomic E-state index is 0.0612. The van der Waals surface area contributed by atoms with Gasteiger partial charge in [-0.1, -0.05) is 6.92 Å². The highest BCUT2D eigenvalue weighted by Gasteiger charge is 2.33. The summed E-state index contributed by atoms with van der Waals surface area (Å²) in [5.74, 6) is 0.470. The van der Waals surface area contributed by atoms with Gasteiger partial charge in [-0.15, -0.1) is 0 Å². The molecule has 0 spiro atoms. The normalized spacial score (nSPS) is 34.0. The van der Waals surface area contributed by atoms with Crippen LogP contribution in [0.1, 0.15) is 19.8 Å². The molecule has 0 bridgehead atoms. The minimum Gasteiger partial charge on any atom is -0.392 e. The molecule has 0 saturated carbocycles. The Bertz CT molecular complexity index is 465. The first kappa shape index (κ1) is 15.7. The van der Waals surface area contributed by atoms with Crippen molar-refractivity contribution in [3.8, 4) is 0 Å². The number of aliphatic hydroxyl groups is 1. The zero-order valence-corrected chi connectivity index (χ0v) is 13.0. The van der Waals surface area contributed by atoms with Crippen molar-refractivity contribution in [1.82, 2.24) is 9.80 Å². The molecular formula is C13H24N2O4S. The van der Waals surface area contributed by atoms with E-state index in [0.717, 1.165) is 13.0 Å². The van der Waals surface area contributed by atoms with Crippen molar-refractivity contribution < 1.29 is 18.3 Å². The summed E-state index contributed by atoms with van der Waals surface area (Å²) in [5, 5.41) is 9.83. The maximum atomic E-state index is 12.2. The molecule has 2 aliphatic rings. The van der Waals surface area contributed by atoms with E-state index in [2.05, 4.69) is 0 Å². The predicted octanol–water partition coefficient (Wildman–Crippen LogP) is -0.665. The van der Waals surface area contributed by atoms with Crippen LogP contribution in [0, 0.1) is 5.92 Å². The molecule has 2 heterocycles. The fourth-order valence-corrected chi connectivity index (χ4v) is 4.62. The first-order valence-corrected chi connectivity index (χ1v) is 8.97. The van der Waals surface area contributed by atoms with Crippen LogP contribution in [-0.4, -0.2) is 79.6 Å². The van der Waals surface area contributed by atoms with Crippen LogP contribution in [0.3, 0.4) is 0 Å². The second-order valence-corrected chi connectivity index (χ2v) is 8.36. The van der Waals surface area contributed by atoms with Crippen LogP contribution < -0.4 is 0 Å². The number of carbonyl (C=O) groups is 1. The van der Waals surface area contributed by atoms with E-state index in [-0.39, 0.29) is 42.0 Å². The van der Waals surface area contributed by atoms with Gasteiger partial charge in [0, 0.05) is 19.6 Å². The zero-order valence-electron chi connectivity index (χ0n) is 12.2. The Labute approximate surface area is 120 Å². The Kier molecular flexibility index (Phi) is 4.71. The van der Waals surface area contributed by atoms with E-state index in [4.69, 9.17) is 0 Å². The average Bonchev–Trinajstić information content (AvgIpc) is 2.73. The third-order valence-electron chi connectivity index (χ3n) is 4.51. The number of aliphatic hydroxyl groups excluding tert-OH is 1. The molecule has 0 aliphatic carbocycles. The molecule has 2 saturated heterocycles. The van der Waals surface area contributed by atoms with Crippen LogP contribution in [0.25, 0.3) is 0 Å². The fourth-order valence-electron chi connectivity index (χ4n) is 2.85. The molecule has 1 amide bonds. The summed E-state index contributed by atoms with van der Waals surface area (Å²) in [7, 11) is -1.29. The first-order chi connectivity index (χ1) is 9.28. The summed E-state index contributed by atoms with van der Waals surface area (Å²) in [6.07, 6.45) is 1.04. The van der Waals surface area contributed by atoms with Gasteiger partial charge < -0.3 is 10.0 Å². The van der Waals surface area contributed by atoms with E-state index in [0.29, 0.717) is 13.0 Å². The number of carbonyl (C=O) groups excluding carboxylic acids is 1. The molecular weight excluding hydrogens is 280 g/mol. The summed E-state index contributed by atoms with van der Waals surface area (Å²) in [4.78, 5) is 15.7. The van der Waals surface area contributed by atoms with Gasteiger partial charge >= 0.3 is 0 Å². The summed E-state index contributed by atoms with van der Waals surface area (Å²) >= 11 is 0. The maximum absolute atomic E-state index is 12.2. The second-order valence-electron chi connectivity index (χ2n) is 6.13. The lowest BCUT2D eigenvalue weighted by molar-refractivity contribution is -0.133. The Morgan fingerprint density at radius 3 is 2.65 bits per heavy atom. The molecule has 3 atom stereocenters. The molecule has 0 aromatic carbocycles. The van der Waals surface area contributed by atoms with Gasteiger partial charge in [0.15, 0.2) is 9.84 Å². The summed E-state index contributed by atoms with van der Waals surface area (Å²) in [6.45, 7) is 3.60. The molecule has 2 aliphatic heterocycles. The van der Waals surface area contributed by atoms with Gasteiger partial charge in [0.1, 0.15) is 0 Å². The molecule has 116 valence electrons. The Hall–Kier alpha value is -0.660. The number of rotatable bonds is 3. The van der Waals surface area contributed by atoms with Crippen molar-refractivity contribution in [2.45, 2.75) is 31.9 Å². The van der Waals surface area contributed by atoms with Crippen molar-refractivity contribution in [2.75, 3.05) is 38.2 Å². The maximum Gasteiger partial charge on any atom is 0.236 e. The van der Waals surface area contributed by atoms with Gasteiger partial charge in [-0.2, -0.15) is 0 Å². The average molecular weight is 304 g/mol. The van der Waals surface area contributed by atoms with Crippen LogP contribution in [0.5, 0.6) is 0 Å². The summed E-state index contributed by atoms with van der Waals surface area (Å²) < 4.78 is 22.9. The standard InChI is InChI=1S/C13H24N2O4S/c1-10-3-5-15(7-12(10)16)8-13(17)14(2)11-4-6-20(18,19)9-11/h10-12,16H,3-9H2,1-2H3. The van der Waals surface area contributed by atoms with Crippen molar-refractivity contribution in [2.24, 2.45) is 5.92 Å². The summed E-state index contributed by atoms with van der Waals surface area (Å²) in [6, 6.07) is -0.193. The minimum atomic E-state index is -2.97. The number of likely N-dealkylation sites (N-methyl/N-ethyl adjacent to an activating group) is 1. The van der Waals surface area contributed by atoms with E-state index < -0.39 is 9.84 Å². The first-order valence-electron chi connectivity index (χ1n) is 7.15. The monoisotopic (exact) mass is 304 g/mol. The van der Waals surface area contributed by atoms with Gasteiger partial charge in [0.25, 0.3) is 0 Å². The highest BCUT2D eigenvalue weighted by atomic mass is 32.2. The van der Waals surface area contributed by atoms with E-state index in [1.165, 1.54) is 0 Å². The molecule has 2 rings (SSSR count). The lowest BCUT2D eigenvalue weighted by atomic mass is 9.96. The Morgan fingerprint density at radius 1 is 1.40 bits per heavy atom. The summed E-state index contributed by atoms with van der Waals surface area (Å²) in [5.41, 5.74) is 0. The smallest absolute Gasteiger partial charge is 0.236 e. The number of nitrogens with zero attached hydrogens (tertiary/aromatic N) is 2. The number of amides is 1. The topological polar surface area (TPSA) is 77.9 Å². The number of likely N-dealkylation sites (tertiary alicyclic amines) is 1. The number of piperidine rings is 1. The van der Waals surface area contributed by atoms with E-state index in [1.54, 1.807) is 11.9 Å². The predicted molar refractivity (Wildman–Crippen MR) is 76.1 cm³/mol. The van der Waals surface area contributed by atoms with Crippen molar-refractivity contribution in [1.29, 1.82) is 0 Å². The van der Waals surface area contributed by atoms with Crippen LogP contribution in [0.15, 0.2) is 0 Å². The Morgan fingerprint density at radius 2 is 2.10 bits per heavy atom. The molecule has 0 aromatic rings. The number of sulfone groups is 1. The van der Waals surface area contributed by atoms with Gasteiger partial charge in [0.2, 0.25) is 5.91 Å². The molecule has 20 heavy (non-hydrogen) atoms. The highest BCUT2D eigenvalue weighted by Crippen LogP contribution is 2.19. The fraction of sp³-hybridized carbons (Fsp3) is 0.923. The quantitative estimate of drug-likeness (QED) is 0.748. The molecule has 0 aromatic heterocycles. The molecule has 1 N–H and O–H groups in total. The van der Waals surface area contributed by atoms with Crippen molar-refractivity contribution >= 4 is 15.7 Å². The number of hydrogen-bond donors (Lipinski definition) is 1. The third-order valence-corrected chi connectivity index (χ3v) is 6.26. The van der Waals surface area contributed by atoms with Gasteiger partial charge in [-0.25, -0.2) is 8.42 Å².